The summed E-state index contributed by atoms with van der Waals surface area (Å²) in [5, 5.41) is 3.82. The zero-order chi connectivity index (χ0) is 34.3. The third kappa shape index (κ3) is 8.66. The van der Waals surface area contributed by atoms with E-state index in [0.717, 1.165) is 47.7 Å². The van der Waals surface area contributed by atoms with Gasteiger partial charge in [-0.15, -0.1) is 0 Å². The van der Waals surface area contributed by atoms with E-state index in [1.807, 2.05) is 30.3 Å². The molecule has 5 rings (SSSR count). The van der Waals surface area contributed by atoms with E-state index in [1.165, 1.54) is 48.4 Å². The summed E-state index contributed by atoms with van der Waals surface area (Å²) in [5.41, 5.74) is 1.40. The zero-order valence-corrected chi connectivity index (χ0v) is 28.6. The average molecular weight is 713 g/mol. The molecule has 252 valence electrons. The van der Waals surface area contributed by atoms with Crippen LogP contribution in [0.4, 0.5) is 10.1 Å². The Hall–Kier alpha value is -4.12. The number of halogens is 3. The molecule has 8 nitrogen and oxygen atoms in total. The first-order valence-electron chi connectivity index (χ1n) is 15.5. The number of sulfonamides is 1. The Labute approximate surface area is 290 Å². The Morgan fingerprint density at radius 3 is 2.23 bits per heavy atom. The lowest BCUT2D eigenvalue weighted by atomic mass is 10.0. The van der Waals surface area contributed by atoms with Gasteiger partial charge in [0.1, 0.15) is 24.2 Å². The minimum atomic E-state index is -4.37. The van der Waals surface area contributed by atoms with Crippen LogP contribution >= 0.6 is 23.2 Å². The largest absolute Gasteiger partial charge is 0.497 e. The number of carbonyl (C=O) groups excluding carboxylic acids is 2. The van der Waals surface area contributed by atoms with Gasteiger partial charge >= 0.3 is 0 Å². The van der Waals surface area contributed by atoms with Crippen LogP contribution in [0.1, 0.15) is 36.8 Å². The van der Waals surface area contributed by atoms with Crippen molar-refractivity contribution in [3.8, 4) is 5.75 Å². The molecule has 1 aliphatic rings. The SMILES string of the molecule is COc1ccc(S(=O)(=O)N(CC(=O)N(Cc2ccc(Cl)cc2Cl)[C@H](Cc2ccccc2)C(=O)NC2CCCC2)c2ccc(F)cc2)cc1. The van der Waals surface area contributed by atoms with Gasteiger partial charge in [0.2, 0.25) is 11.8 Å². The molecular weight excluding hydrogens is 676 g/mol. The Bertz CT molecular complexity index is 1820. The smallest absolute Gasteiger partial charge is 0.264 e. The summed E-state index contributed by atoms with van der Waals surface area (Å²) in [6.07, 6.45) is 3.82. The van der Waals surface area contributed by atoms with E-state index < -0.39 is 34.3 Å². The Balaban J connectivity index is 1.58. The molecule has 0 radical (unpaired) electrons. The summed E-state index contributed by atoms with van der Waals surface area (Å²) >= 11 is 12.7. The van der Waals surface area contributed by atoms with Gasteiger partial charge in [-0.25, -0.2) is 12.8 Å². The molecule has 0 aliphatic heterocycles. The lowest BCUT2D eigenvalue weighted by Crippen LogP contribution is -2.54. The first kappa shape index (κ1) is 35.2. The first-order chi connectivity index (χ1) is 23.0. The normalized spacial score (nSPS) is 13.9. The molecule has 4 aromatic carbocycles. The van der Waals surface area contributed by atoms with Crippen LogP contribution in [0, 0.1) is 5.82 Å². The number of nitrogens with one attached hydrogen (secondary N) is 1. The second-order valence-corrected chi connectivity index (χ2v) is 14.3. The number of methoxy groups -OCH3 is 1. The van der Waals surface area contributed by atoms with Crippen LogP contribution in [0.5, 0.6) is 5.75 Å². The molecule has 0 saturated heterocycles. The average Bonchev–Trinajstić information content (AvgIpc) is 3.60. The maximum atomic E-state index is 14.6. The third-order valence-corrected chi connectivity index (χ3v) is 10.7. The van der Waals surface area contributed by atoms with Crippen molar-refractivity contribution >= 4 is 50.7 Å². The molecule has 0 aromatic heterocycles. The lowest BCUT2D eigenvalue weighted by Gasteiger charge is -2.34. The van der Waals surface area contributed by atoms with Crippen LogP contribution < -0.4 is 14.4 Å². The number of hydrogen-bond donors (Lipinski definition) is 1. The summed E-state index contributed by atoms with van der Waals surface area (Å²) < 4.78 is 48.4. The zero-order valence-electron chi connectivity index (χ0n) is 26.3. The van der Waals surface area contributed by atoms with Crippen molar-refractivity contribution in [1.82, 2.24) is 10.2 Å². The fraction of sp³-hybridized carbons (Fsp3) is 0.278. The van der Waals surface area contributed by atoms with E-state index >= 15 is 0 Å². The van der Waals surface area contributed by atoms with Gasteiger partial charge in [0, 0.05) is 29.1 Å². The molecule has 1 atom stereocenters. The highest BCUT2D eigenvalue weighted by Crippen LogP contribution is 2.28. The Kier molecular flexibility index (Phi) is 11.6. The van der Waals surface area contributed by atoms with Crippen molar-refractivity contribution in [3.05, 3.63) is 124 Å². The second kappa shape index (κ2) is 15.9. The molecule has 0 bridgehead atoms. The Morgan fingerprint density at radius 2 is 1.60 bits per heavy atom. The fourth-order valence-electron chi connectivity index (χ4n) is 5.77. The van der Waals surface area contributed by atoms with Crippen molar-refractivity contribution in [1.29, 1.82) is 0 Å². The molecule has 4 aromatic rings. The van der Waals surface area contributed by atoms with Gasteiger partial charge in [-0.2, -0.15) is 0 Å². The van der Waals surface area contributed by atoms with Crippen LogP contribution in [0.3, 0.4) is 0 Å². The molecule has 2 amide bonds. The van der Waals surface area contributed by atoms with E-state index in [9.17, 15) is 22.4 Å². The van der Waals surface area contributed by atoms with Gasteiger partial charge in [-0.05, 0) is 84.6 Å². The van der Waals surface area contributed by atoms with Crippen molar-refractivity contribution in [2.24, 2.45) is 0 Å². The number of amides is 2. The number of anilines is 1. The predicted octanol–water partition coefficient (Wildman–Crippen LogP) is 7.04. The standard InChI is InChI=1S/C36H36Cl2FN3O5S/c1-47-31-17-19-32(20-18-31)48(45,46)42(30-15-13-28(39)14-16-30)24-35(43)41(23-26-11-12-27(37)22-33(26)38)34(21-25-7-3-2-4-8-25)36(44)40-29-9-5-6-10-29/h2-4,7-8,11-20,22,29,34H,5-6,9-10,21,23-24H2,1H3,(H,40,44)/t34-/m1/s1. The van der Waals surface area contributed by atoms with Crippen molar-refractivity contribution in [2.75, 3.05) is 18.0 Å². The second-order valence-electron chi connectivity index (χ2n) is 11.6. The monoisotopic (exact) mass is 711 g/mol. The third-order valence-electron chi connectivity index (χ3n) is 8.37. The number of nitrogens with zero attached hydrogens (tertiary/aromatic N) is 2. The van der Waals surface area contributed by atoms with Gasteiger partial charge in [0.25, 0.3) is 10.0 Å². The van der Waals surface area contributed by atoms with E-state index in [0.29, 0.717) is 16.3 Å². The highest BCUT2D eigenvalue weighted by Gasteiger charge is 2.36. The highest BCUT2D eigenvalue weighted by atomic mass is 35.5. The summed E-state index contributed by atoms with van der Waals surface area (Å²) in [6.45, 7) is -0.794. The van der Waals surface area contributed by atoms with Gasteiger partial charge < -0.3 is 15.0 Å². The molecule has 48 heavy (non-hydrogen) atoms. The molecule has 1 N–H and O–H groups in total. The molecule has 0 heterocycles. The molecule has 1 fully saturated rings. The van der Waals surface area contributed by atoms with Crippen molar-refractivity contribution < 1.29 is 27.1 Å². The van der Waals surface area contributed by atoms with E-state index in [-0.39, 0.29) is 40.5 Å². The van der Waals surface area contributed by atoms with Crippen LogP contribution in [-0.4, -0.2) is 50.9 Å². The highest BCUT2D eigenvalue weighted by molar-refractivity contribution is 7.92. The first-order valence-corrected chi connectivity index (χ1v) is 17.7. The topological polar surface area (TPSA) is 96.0 Å². The molecule has 1 saturated carbocycles. The predicted molar refractivity (Wildman–Crippen MR) is 185 cm³/mol. The molecule has 12 heteroatoms. The van der Waals surface area contributed by atoms with E-state index in [4.69, 9.17) is 27.9 Å². The van der Waals surface area contributed by atoms with Gasteiger partial charge in [-0.3, -0.25) is 13.9 Å². The van der Waals surface area contributed by atoms with Gasteiger partial charge in [-0.1, -0.05) is 72.4 Å². The van der Waals surface area contributed by atoms with E-state index in [2.05, 4.69) is 5.32 Å². The summed E-state index contributed by atoms with van der Waals surface area (Å²) in [6, 6.07) is 23.6. The van der Waals surface area contributed by atoms with Crippen molar-refractivity contribution in [2.45, 2.75) is 55.6 Å². The van der Waals surface area contributed by atoms with Crippen LogP contribution in [0.15, 0.2) is 102 Å². The maximum absolute atomic E-state index is 14.6. The number of ether oxygens (including phenoxy) is 1. The molecule has 0 spiro atoms. The summed E-state index contributed by atoms with van der Waals surface area (Å²) in [5.74, 6) is -1.14. The quantitative estimate of drug-likeness (QED) is 0.161. The summed E-state index contributed by atoms with van der Waals surface area (Å²) in [7, 11) is -2.91. The number of hydrogen-bond acceptors (Lipinski definition) is 5. The lowest BCUT2D eigenvalue weighted by molar-refractivity contribution is -0.140. The fourth-order valence-corrected chi connectivity index (χ4v) is 7.65. The van der Waals surface area contributed by atoms with Crippen LogP contribution in [-0.2, 0) is 32.6 Å². The van der Waals surface area contributed by atoms with Gasteiger partial charge in [0.15, 0.2) is 0 Å². The minimum absolute atomic E-state index is 0.0296. The van der Waals surface area contributed by atoms with Crippen LogP contribution in [0.25, 0.3) is 0 Å². The van der Waals surface area contributed by atoms with Crippen LogP contribution in [0.2, 0.25) is 10.0 Å². The molecular formula is C36H36Cl2FN3O5S. The number of benzene rings is 4. The summed E-state index contributed by atoms with van der Waals surface area (Å²) in [4.78, 5) is 30.0. The minimum Gasteiger partial charge on any atom is -0.497 e. The number of carbonyl (C=O) groups is 2. The van der Waals surface area contributed by atoms with Crippen molar-refractivity contribution in [3.63, 3.8) is 0 Å². The van der Waals surface area contributed by atoms with E-state index in [1.54, 1.807) is 18.2 Å². The maximum Gasteiger partial charge on any atom is 0.264 e. The molecule has 1 aliphatic carbocycles. The number of rotatable bonds is 13. The van der Waals surface area contributed by atoms with Gasteiger partial charge in [0.05, 0.1) is 17.7 Å². The molecule has 0 unspecified atom stereocenters. The Morgan fingerprint density at radius 1 is 0.938 bits per heavy atom.